The fourth-order valence-corrected chi connectivity index (χ4v) is 4.69. The Balaban J connectivity index is 2.25. The Morgan fingerprint density at radius 2 is 1.70 bits per heavy atom. The molecule has 2 N–H and O–H groups in total. The summed E-state index contributed by atoms with van der Waals surface area (Å²) in [6.07, 6.45) is 2.05. The summed E-state index contributed by atoms with van der Waals surface area (Å²) in [6.45, 7) is 12.1. The van der Waals surface area contributed by atoms with Crippen molar-refractivity contribution in [2.24, 2.45) is 17.1 Å². The summed E-state index contributed by atoms with van der Waals surface area (Å²) >= 11 is 0. The van der Waals surface area contributed by atoms with Crippen LogP contribution in [0.15, 0.2) is 47.2 Å². The highest BCUT2D eigenvalue weighted by molar-refractivity contribution is 5.59. The Labute approximate surface area is 179 Å². The van der Waals surface area contributed by atoms with Crippen molar-refractivity contribution in [1.82, 2.24) is 4.90 Å². The molecule has 0 spiro atoms. The molecule has 30 heavy (non-hydrogen) atoms. The van der Waals surface area contributed by atoms with Gasteiger partial charge in [0.25, 0.3) is 0 Å². The summed E-state index contributed by atoms with van der Waals surface area (Å²) in [5.74, 6) is -0.589. The third kappa shape index (κ3) is 3.28. The van der Waals surface area contributed by atoms with Gasteiger partial charge in [-0.15, -0.1) is 0 Å². The first-order valence-electron chi connectivity index (χ1n) is 10.4. The third-order valence-electron chi connectivity index (χ3n) is 6.56. The van der Waals surface area contributed by atoms with E-state index >= 15 is 0 Å². The lowest BCUT2D eigenvalue weighted by Crippen LogP contribution is -2.49. The zero-order chi connectivity index (χ0) is 22.3. The molecule has 1 aliphatic carbocycles. The molecule has 0 saturated heterocycles. The van der Waals surface area contributed by atoms with Crippen LogP contribution in [0.3, 0.4) is 0 Å². The van der Waals surface area contributed by atoms with E-state index in [0.717, 1.165) is 17.7 Å². The predicted molar refractivity (Wildman–Crippen MR) is 117 cm³/mol. The van der Waals surface area contributed by atoms with E-state index in [1.54, 1.807) is 0 Å². The highest BCUT2D eigenvalue weighted by Gasteiger charge is 2.54. The number of nitrogens with two attached hydrogens (primary N) is 1. The zero-order valence-electron chi connectivity index (χ0n) is 18.4. The predicted octanol–water partition coefficient (Wildman–Crippen LogP) is 4.12. The maximum absolute atomic E-state index is 10.2. The van der Waals surface area contributed by atoms with E-state index in [1.165, 1.54) is 5.56 Å². The average molecular weight is 400 g/mol. The quantitative estimate of drug-likeness (QED) is 0.806. The first-order valence-corrected chi connectivity index (χ1v) is 10.4. The Morgan fingerprint density at radius 1 is 1.10 bits per heavy atom. The number of hydrogen-bond acceptors (Lipinski definition) is 5. The van der Waals surface area contributed by atoms with E-state index in [1.807, 2.05) is 12.1 Å². The second-order valence-corrected chi connectivity index (χ2v) is 9.60. The maximum atomic E-state index is 10.2. The first kappa shape index (κ1) is 21.6. The third-order valence-corrected chi connectivity index (χ3v) is 6.56. The molecule has 0 saturated carbocycles. The summed E-state index contributed by atoms with van der Waals surface area (Å²) < 4.78 is 0. The van der Waals surface area contributed by atoms with Crippen LogP contribution in [0.25, 0.3) is 0 Å². The van der Waals surface area contributed by atoms with Crippen molar-refractivity contribution in [3.05, 3.63) is 58.3 Å². The van der Waals surface area contributed by atoms with E-state index in [0.29, 0.717) is 18.2 Å². The van der Waals surface area contributed by atoms with Crippen LogP contribution >= 0.6 is 0 Å². The highest BCUT2D eigenvalue weighted by Crippen LogP contribution is 2.54. The molecule has 0 amide bonds. The van der Waals surface area contributed by atoms with Crippen LogP contribution in [0.2, 0.25) is 0 Å². The lowest BCUT2D eigenvalue weighted by molar-refractivity contribution is 0.174. The zero-order valence-corrected chi connectivity index (χ0v) is 18.4. The van der Waals surface area contributed by atoms with Gasteiger partial charge in [-0.1, -0.05) is 51.1 Å². The van der Waals surface area contributed by atoms with Crippen molar-refractivity contribution in [1.29, 1.82) is 15.8 Å². The van der Waals surface area contributed by atoms with Crippen molar-refractivity contribution in [3.63, 3.8) is 0 Å². The summed E-state index contributed by atoms with van der Waals surface area (Å²) in [5, 5.41) is 30.2. The van der Waals surface area contributed by atoms with Gasteiger partial charge in [0, 0.05) is 31.0 Å². The lowest BCUT2D eigenvalue weighted by atomic mass is 9.58. The Hall–Kier alpha value is -3.07. The van der Waals surface area contributed by atoms with Crippen LogP contribution in [-0.2, 0) is 5.41 Å². The number of allylic oxidation sites excluding steroid dienone is 2. The minimum absolute atomic E-state index is 0.00386. The minimum Gasteiger partial charge on any atom is -0.399 e. The van der Waals surface area contributed by atoms with Crippen LogP contribution in [0.1, 0.15) is 51.7 Å². The molecule has 0 bridgehead atoms. The monoisotopic (exact) mass is 399 g/mol. The van der Waals surface area contributed by atoms with Gasteiger partial charge >= 0.3 is 0 Å². The highest BCUT2D eigenvalue weighted by atomic mass is 15.2. The fourth-order valence-electron chi connectivity index (χ4n) is 4.69. The van der Waals surface area contributed by atoms with Crippen LogP contribution in [0.5, 0.6) is 0 Å². The molecule has 1 aromatic carbocycles. The molecular weight excluding hydrogens is 370 g/mol. The van der Waals surface area contributed by atoms with Gasteiger partial charge in [-0.3, -0.25) is 4.90 Å². The molecule has 0 radical (unpaired) electrons. The van der Waals surface area contributed by atoms with E-state index in [9.17, 15) is 15.8 Å². The van der Waals surface area contributed by atoms with Gasteiger partial charge in [-0.2, -0.15) is 15.8 Å². The van der Waals surface area contributed by atoms with E-state index in [2.05, 4.69) is 75.9 Å². The van der Waals surface area contributed by atoms with E-state index in [-0.39, 0.29) is 17.0 Å². The summed E-state index contributed by atoms with van der Waals surface area (Å²) in [7, 11) is 0. The van der Waals surface area contributed by atoms with Gasteiger partial charge in [-0.25, -0.2) is 0 Å². The number of nitrogens with zero attached hydrogens (tertiary/aromatic N) is 4. The molecule has 1 aliphatic heterocycles. The Morgan fingerprint density at radius 3 is 2.17 bits per heavy atom. The van der Waals surface area contributed by atoms with Crippen LogP contribution in [-0.4, -0.2) is 24.0 Å². The summed E-state index contributed by atoms with van der Waals surface area (Å²) in [6, 6.07) is 15.1. The van der Waals surface area contributed by atoms with E-state index in [4.69, 9.17) is 5.73 Å². The summed E-state index contributed by atoms with van der Waals surface area (Å²) in [4.78, 5) is 2.31. The SMILES string of the molecule is CC(C)N1CC=C2C(C#N)=C(N)C(C#N)(C#N)[C@H](c3ccc(C(C)(C)C)cc3)[C@@H]2C1. The molecule has 0 fully saturated rings. The average Bonchev–Trinajstić information content (AvgIpc) is 2.72. The molecule has 0 unspecified atom stereocenters. The van der Waals surface area contributed by atoms with Crippen molar-refractivity contribution >= 4 is 0 Å². The van der Waals surface area contributed by atoms with Gasteiger partial charge < -0.3 is 5.73 Å². The van der Waals surface area contributed by atoms with E-state index < -0.39 is 11.3 Å². The number of rotatable bonds is 2. The van der Waals surface area contributed by atoms with Crippen molar-refractivity contribution < 1.29 is 0 Å². The Bertz CT molecular complexity index is 1000. The molecule has 2 aliphatic rings. The van der Waals surface area contributed by atoms with Crippen molar-refractivity contribution in [2.75, 3.05) is 13.1 Å². The van der Waals surface area contributed by atoms with Crippen molar-refractivity contribution in [3.8, 4) is 18.2 Å². The molecular formula is C25H29N5. The number of benzene rings is 1. The number of nitriles is 3. The summed E-state index contributed by atoms with van der Waals surface area (Å²) in [5.41, 5.74) is 8.16. The molecule has 2 atom stereocenters. The molecule has 0 aromatic heterocycles. The van der Waals surface area contributed by atoms with Gasteiger partial charge in [0.15, 0.2) is 5.41 Å². The lowest BCUT2D eigenvalue weighted by Gasteiger charge is -2.46. The number of fused-ring (bicyclic) bond motifs is 1. The molecule has 5 heteroatoms. The number of hydrogen-bond donors (Lipinski definition) is 1. The second-order valence-electron chi connectivity index (χ2n) is 9.60. The molecule has 3 rings (SSSR count). The maximum Gasteiger partial charge on any atom is 0.191 e. The van der Waals surface area contributed by atoms with Crippen LogP contribution in [0, 0.1) is 45.3 Å². The normalized spacial score (nSPS) is 23.8. The second kappa shape index (κ2) is 7.64. The van der Waals surface area contributed by atoms with Gasteiger partial charge in [0.2, 0.25) is 0 Å². The van der Waals surface area contributed by atoms with Crippen molar-refractivity contribution in [2.45, 2.75) is 52.0 Å². The first-order chi connectivity index (χ1) is 14.1. The molecule has 154 valence electrons. The van der Waals surface area contributed by atoms with Gasteiger partial charge in [-0.05, 0) is 36.0 Å². The molecule has 1 aromatic rings. The largest absolute Gasteiger partial charge is 0.399 e. The van der Waals surface area contributed by atoms with Crippen LogP contribution in [0.4, 0.5) is 0 Å². The molecule has 1 heterocycles. The topological polar surface area (TPSA) is 101 Å². The Kier molecular flexibility index (Phi) is 5.51. The minimum atomic E-state index is -1.57. The van der Waals surface area contributed by atoms with Gasteiger partial charge in [0.1, 0.15) is 6.07 Å². The standard InChI is InChI=1S/C25H29N5/c1-16(2)30-11-10-19-20(12-26)23(29)25(14-27,15-28)22(21(19)13-30)17-6-8-18(9-7-17)24(3,4)5/h6-10,16,21-22H,11,13,29H2,1-5H3/t21-,22-/m1/s1. The molecule has 5 nitrogen and oxygen atoms in total. The smallest absolute Gasteiger partial charge is 0.191 e. The van der Waals surface area contributed by atoms with Crippen LogP contribution < -0.4 is 5.73 Å². The van der Waals surface area contributed by atoms with Gasteiger partial charge in [0.05, 0.1) is 23.4 Å². The fraction of sp³-hybridized carbons (Fsp3) is 0.480.